The SMILES string of the molecule is Cl.NC[C@H](N)c1ccc(Br)cc1O. The Balaban J connectivity index is 0.00000144. The molecule has 0 radical (unpaired) electrons. The second kappa shape index (κ2) is 5.44. The highest BCUT2D eigenvalue weighted by Crippen LogP contribution is 2.25. The Morgan fingerprint density at radius 1 is 1.46 bits per heavy atom. The van der Waals surface area contributed by atoms with E-state index in [1.165, 1.54) is 0 Å². The fraction of sp³-hybridized carbons (Fsp3) is 0.250. The Labute approximate surface area is 91.7 Å². The Bertz CT molecular complexity index is 283. The third-order valence-electron chi connectivity index (χ3n) is 1.65. The van der Waals surface area contributed by atoms with Crippen LogP contribution in [0.1, 0.15) is 11.6 Å². The topological polar surface area (TPSA) is 72.3 Å². The summed E-state index contributed by atoms with van der Waals surface area (Å²) in [7, 11) is 0. The average molecular weight is 268 g/mol. The van der Waals surface area contributed by atoms with E-state index in [2.05, 4.69) is 15.9 Å². The first-order valence-electron chi connectivity index (χ1n) is 3.59. The molecule has 1 aromatic rings. The Morgan fingerprint density at radius 2 is 2.08 bits per heavy atom. The number of phenols is 1. The summed E-state index contributed by atoms with van der Waals surface area (Å²) in [6, 6.07) is 4.89. The zero-order chi connectivity index (χ0) is 9.14. The van der Waals surface area contributed by atoms with Gasteiger partial charge in [-0.3, -0.25) is 0 Å². The van der Waals surface area contributed by atoms with Crippen molar-refractivity contribution in [3.63, 3.8) is 0 Å². The van der Waals surface area contributed by atoms with Crippen LogP contribution in [0, 0.1) is 0 Å². The first-order chi connectivity index (χ1) is 5.65. The number of hydrogen-bond acceptors (Lipinski definition) is 3. The van der Waals surface area contributed by atoms with E-state index >= 15 is 0 Å². The van der Waals surface area contributed by atoms with E-state index in [0.29, 0.717) is 12.1 Å². The van der Waals surface area contributed by atoms with E-state index in [9.17, 15) is 5.11 Å². The Hall–Kier alpha value is -0.290. The van der Waals surface area contributed by atoms with Gasteiger partial charge in [0.05, 0.1) is 0 Å². The molecular weight excluding hydrogens is 255 g/mol. The standard InChI is InChI=1S/C8H11BrN2O.ClH/c9-5-1-2-6(7(11)4-10)8(12)3-5;/h1-3,7,12H,4,10-11H2;1H/t7-;/m0./s1. The van der Waals surface area contributed by atoms with Crippen LogP contribution in [-0.2, 0) is 0 Å². The van der Waals surface area contributed by atoms with Crippen LogP contribution in [0.2, 0.25) is 0 Å². The van der Waals surface area contributed by atoms with Crippen LogP contribution < -0.4 is 11.5 Å². The van der Waals surface area contributed by atoms with E-state index < -0.39 is 0 Å². The summed E-state index contributed by atoms with van der Waals surface area (Å²) in [6.07, 6.45) is 0. The fourth-order valence-corrected chi connectivity index (χ4v) is 1.31. The number of hydrogen-bond donors (Lipinski definition) is 3. The molecule has 0 aliphatic heterocycles. The van der Waals surface area contributed by atoms with Gasteiger partial charge in [-0.2, -0.15) is 0 Å². The molecule has 0 aliphatic rings. The van der Waals surface area contributed by atoms with Crippen molar-refractivity contribution in [1.82, 2.24) is 0 Å². The molecule has 13 heavy (non-hydrogen) atoms. The smallest absolute Gasteiger partial charge is 0.121 e. The minimum atomic E-state index is -0.293. The van der Waals surface area contributed by atoms with Crippen molar-refractivity contribution in [2.45, 2.75) is 6.04 Å². The Morgan fingerprint density at radius 3 is 2.54 bits per heavy atom. The van der Waals surface area contributed by atoms with Gasteiger partial charge >= 0.3 is 0 Å². The van der Waals surface area contributed by atoms with Crippen molar-refractivity contribution < 1.29 is 5.11 Å². The van der Waals surface area contributed by atoms with Crippen molar-refractivity contribution in [3.05, 3.63) is 28.2 Å². The minimum Gasteiger partial charge on any atom is -0.508 e. The van der Waals surface area contributed by atoms with Crippen LogP contribution in [0.15, 0.2) is 22.7 Å². The highest BCUT2D eigenvalue weighted by molar-refractivity contribution is 9.10. The van der Waals surface area contributed by atoms with E-state index in [1.54, 1.807) is 12.1 Å². The summed E-state index contributed by atoms with van der Waals surface area (Å²) in [5.41, 5.74) is 11.7. The molecule has 0 fully saturated rings. The molecule has 0 amide bonds. The van der Waals surface area contributed by atoms with Gasteiger partial charge in [-0.1, -0.05) is 22.0 Å². The van der Waals surface area contributed by atoms with E-state index in [1.807, 2.05) is 6.07 Å². The molecule has 3 nitrogen and oxygen atoms in total. The van der Waals surface area contributed by atoms with Gasteiger partial charge in [0.1, 0.15) is 5.75 Å². The molecule has 5 N–H and O–H groups in total. The normalized spacial score (nSPS) is 11.9. The number of halogens is 2. The highest BCUT2D eigenvalue weighted by Gasteiger charge is 2.08. The van der Waals surface area contributed by atoms with Gasteiger partial charge in [-0.25, -0.2) is 0 Å². The van der Waals surface area contributed by atoms with Crippen LogP contribution in [0.5, 0.6) is 5.75 Å². The third kappa shape index (κ3) is 3.15. The van der Waals surface area contributed by atoms with E-state index in [4.69, 9.17) is 11.5 Å². The zero-order valence-electron chi connectivity index (χ0n) is 6.90. The summed E-state index contributed by atoms with van der Waals surface area (Å²) < 4.78 is 0.827. The van der Waals surface area contributed by atoms with Crippen LogP contribution in [0.3, 0.4) is 0 Å². The predicted octanol–water partition coefficient (Wildman–Crippen LogP) is 1.53. The first-order valence-corrected chi connectivity index (χ1v) is 4.38. The molecule has 0 bridgehead atoms. The lowest BCUT2D eigenvalue weighted by atomic mass is 10.1. The number of aromatic hydroxyl groups is 1. The van der Waals surface area contributed by atoms with Gasteiger partial charge in [0.25, 0.3) is 0 Å². The number of benzene rings is 1. The van der Waals surface area contributed by atoms with E-state index in [-0.39, 0.29) is 24.2 Å². The third-order valence-corrected chi connectivity index (χ3v) is 2.14. The number of nitrogens with two attached hydrogens (primary N) is 2. The molecule has 0 aromatic heterocycles. The maximum Gasteiger partial charge on any atom is 0.121 e. The number of phenolic OH excluding ortho intramolecular Hbond substituents is 1. The number of rotatable bonds is 2. The molecule has 0 spiro atoms. The summed E-state index contributed by atoms with van der Waals surface area (Å²) in [5.74, 6) is 0.183. The summed E-state index contributed by atoms with van der Waals surface area (Å²) in [4.78, 5) is 0. The van der Waals surface area contributed by atoms with Crippen LogP contribution >= 0.6 is 28.3 Å². The van der Waals surface area contributed by atoms with Gasteiger partial charge in [0, 0.05) is 22.6 Å². The van der Waals surface area contributed by atoms with Crippen LogP contribution in [0.25, 0.3) is 0 Å². The minimum absolute atomic E-state index is 0. The molecule has 1 rings (SSSR count). The largest absolute Gasteiger partial charge is 0.508 e. The second-order valence-electron chi connectivity index (χ2n) is 2.55. The second-order valence-corrected chi connectivity index (χ2v) is 3.46. The summed E-state index contributed by atoms with van der Waals surface area (Å²) in [6.45, 7) is 0.329. The maximum absolute atomic E-state index is 9.43. The lowest BCUT2D eigenvalue weighted by Crippen LogP contribution is -2.20. The zero-order valence-corrected chi connectivity index (χ0v) is 9.31. The molecule has 0 aliphatic carbocycles. The lowest BCUT2D eigenvalue weighted by Gasteiger charge is -2.10. The van der Waals surface area contributed by atoms with Crippen molar-refractivity contribution in [2.24, 2.45) is 11.5 Å². The van der Waals surface area contributed by atoms with E-state index in [0.717, 1.165) is 4.47 Å². The monoisotopic (exact) mass is 266 g/mol. The van der Waals surface area contributed by atoms with Crippen LogP contribution in [-0.4, -0.2) is 11.7 Å². The van der Waals surface area contributed by atoms with Crippen molar-refractivity contribution in [3.8, 4) is 5.75 Å². The Kier molecular flexibility index (Phi) is 5.32. The molecule has 74 valence electrons. The van der Waals surface area contributed by atoms with Crippen molar-refractivity contribution in [1.29, 1.82) is 0 Å². The van der Waals surface area contributed by atoms with Gasteiger partial charge < -0.3 is 16.6 Å². The lowest BCUT2D eigenvalue weighted by molar-refractivity contribution is 0.461. The summed E-state index contributed by atoms with van der Waals surface area (Å²) in [5, 5.41) is 9.43. The van der Waals surface area contributed by atoms with Crippen LogP contribution in [0.4, 0.5) is 0 Å². The first kappa shape index (κ1) is 12.7. The van der Waals surface area contributed by atoms with Gasteiger partial charge in [0.15, 0.2) is 0 Å². The van der Waals surface area contributed by atoms with Gasteiger partial charge in [-0.05, 0) is 12.1 Å². The summed E-state index contributed by atoms with van der Waals surface area (Å²) >= 11 is 3.24. The quantitative estimate of drug-likeness (QED) is 0.761. The average Bonchev–Trinajstić information content (AvgIpc) is 2.03. The molecule has 0 heterocycles. The molecular formula is C8H12BrClN2O. The molecule has 5 heteroatoms. The molecule has 1 atom stereocenters. The molecule has 1 aromatic carbocycles. The highest BCUT2D eigenvalue weighted by atomic mass is 79.9. The van der Waals surface area contributed by atoms with Gasteiger partial charge in [0.2, 0.25) is 0 Å². The molecule has 0 saturated carbocycles. The predicted molar refractivity (Wildman–Crippen MR) is 59.0 cm³/mol. The molecule has 0 saturated heterocycles. The maximum atomic E-state index is 9.43. The van der Waals surface area contributed by atoms with Crippen molar-refractivity contribution >= 4 is 28.3 Å². The van der Waals surface area contributed by atoms with Crippen molar-refractivity contribution in [2.75, 3.05) is 6.54 Å². The van der Waals surface area contributed by atoms with Gasteiger partial charge in [-0.15, -0.1) is 12.4 Å². The molecule has 0 unspecified atom stereocenters. The fourth-order valence-electron chi connectivity index (χ4n) is 0.957.